The molecule has 1 N–H and O–H groups in total. The molecule has 0 aliphatic carbocycles. The van der Waals surface area contributed by atoms with Gasteiger partial charge in [-0.3, -0.25) is 0 Å². The molecule has 1 aliphatic rings. The molecule has 4 rings (SSSR count). The van der Waals surface area contributed by atoms with E-state index in [1.807, 2.05) is 12.1 Å². The summed E-state index contributed by atoms with van der Waals surface area (Å²) in [5, 5.41) is 5.39. The van der Waals surface area contributed by atoms with Gasteiger partial charge in [-0.15, -0.1) is 11.3 Å². The van der Waals surface area contributed by atoms with Gasteiger partial charge in [-0.1, -0.05) is 12.1 Å². The van der Waals surface area contributed by atoms with Crippen LogP contribution in [0, 0.1) is 0 Å². The Kier molecular flexibility index (Phi) is 6.30. The fourth-order valence-electron chi connectivity index (χ4n) is 3.25. The van der Waals surface area contributed by atoms with Gasteiger partial charge < -0.3 is 19.5 Å². The van der Waals surface area contributed by atoms with Crippen molar-refractivity contribution >= 4 is 32.2 Å². The number of rotatable bonds is 8. The van der Waals surface area contributed by atoms with Gasteiger partial charge >= 0.3 is 0 Å². The van der Waals surface area contributed by atoms with Crippen LogP contribution < -0.4 is 19.1 Å². The minimum atomic E-state index is -3.89. The van der Waals surface area contributed by atoms with Crippen molar-refractivity contribution in [1.82, 2.24) is 4.98 Å². The quantitative estimate of drug-likeness (QED) is 0.550. The molecule has 1 aliphatic heterocycles. The van der Waals surface area contributed by atoms with E-state index in [0.29, 0.717) is 29.8 Å². The summed E-state index contributed by atoms with van der Waals surface area (Å²) in [7, 11) is -0.699. The van der Waals surface area contributed by atoms with Crippen molar-refractivity contribution < 1.29 is 22.6 Å². The number of fused-ring (bicyclic) bond motifs is 1. The maximum Gasteiger partial charge on any atom is 0.266 e. The van der Waals surface area contributed by atoms with Crippen LogP contribution in [-0.4, -0.2) is 46.9 Å². The Morgan fingerprint density at radius 1 is 1.23 bits per heavy atom. The first kappa shape index (κ1) is 21.4. The number of ether oxygens (including phenoxy) is 3. The van der Waals surface area contributed by atoms with Gasteiger partial charge in [0.1, 0.15) is 17.6 Å². The summed E-state index contributed by atoms with van der Waals surface area (Å²) in [5.41, 5.74) is 1.57. The highest BCUT2D eigenvalue weighted by Gasteiger charge is 2.29. The maximum atomic E-state index is 13.6. The molecule has 31 heavy (non-hydrogen) atoms. The third kappa shape index (κ3) is 4.60. The molecule has 0 fully saturated rings. The highest BCUT2D eigenvalue weighted by atomic mass is 32.2. The Labute approximate surface area is 185 Å². The lowest BCUT2D eigenvalue weighted by molar-refractivity contribution is 0.0846. The van der Waals surface area contributed by atoms with Crippen LogP contribution in [0.4, 0.5) is 10.8 Å². The van der Waals surface area contributed by atoms with Gasteiger partial charge in [0.05, 0.1) is 37.4 Å². The van der Waals surface area contributed by atoms with Gasteiger partial charge in [0.15, 0.2) is 5.13 Å². The lowest BCUT2D eigenvalue weighted by atomic mass is 10.2. The number of anilines is 2. The van der Waals surface area contributed by atoms with Crippen molar-refractivity contribution in [1.29, 1.82) is 0 Å². The molecule has 3 aromatic rings. The fraction of sp³-hybridized carbons (Fsp3) is 0.286. The van der Waals surface area contributed by atoms with Crippen LogP contribution in [0.5, 0.6) is 11.5 Å². The van der Waals surface area contributed by atoms with E-state index >= 15 is 0 Å². The van der Waals surface area contributed by atoms with E-state index in [-0.39, 0.29) is 17.5 Å². The van der Waals surface area contributed by atoms with Gasteiger partial charge in [0.25, 0.3) is 10.0 Å². The molecule has 0 radical (unpaired) electrons. The standard InChI is InChI=1S/C21H23N3O5S2/c1-27-14-17-12-23-19-8-7-18(11-20(19)29-17)31(25,26)24(21-22-9-10-30-21)13-15-3-5-16(28-2)6-4-15/h3-11,17,23H,12-14H2,1-2H3. The minimum absolute atomic E-state index is 0.134. The number of hydrogen-bond acceptors (Lipinski definition) is 8. The van der Waals surface area contributed by atoms with E-state index in [4.69, 9.17) is 14.2 Å². The summed E-state index contributed by atoms with van der Waals surface area (Å²) >= 11 is 1.27. The molecule has 164 valence electrons. The number of methoxy groups -OCH3 is 2. The van der Waals surface area contributed by atoms with Crippen LogP contribution in [0.1, 0.15) is 5.56 Å². The molecule has 0 bridgehead atoms. The molecule has 0 amide bonds. The zero-order valence-electron chi connectivity index (χ0n) is 17.1. The zero-order chi connectivity index (χ0) is 21.8. The molecule has 2 heterocycles. The number of aromatic nitrogens is 1. The first-order valence-corrected chi connectivity index (χ1v) is 11.9. The first-order valence-electron chi connectivity index (χ1n) is 9.60. The van der Waals surface area contributed by atoms with Crippen molar-refractivity contribution in [2.24, 2.45) is 0 Å². The molecular formula is C21H23N3O5S2. The van der Waals surface area contributed by atoms with E-state index in [0.717, 1.165) is 11.3 Å². The molecule has 0 spiro atoms. The van der Waals surface area contributed by atoms with E-state index in [2.05, 4.69) is 10.3 Å². The monoisotopic (exact) mass is 461 g/mol. The lowest BCUT2D eigenvalue weighted by Gasteiger charge is -2.28. The Balaban J connectivity index is 1.67. The topological polar surface area (TPSA) is 90.0 Å². The van der Waals surface area contributed by atoms with Crippen LogP contribution >= 0.6 is 11.3 Å². The van der Waals surface area contributed by atoms with E-state index in [1.54, 1.807) is 56.1 Å². The average molecular weight is 462 g/mol. The van der Waals surface area contributed by atoms with Crippen molar-refractivity contribution in [3.8, 4) is 11.5 Å². The van der Waals surface area contributed by atoms with Crippen LogP contribution in [0.25, 0.3) is 0 Å². The molecule has 1 aromatic heterocycles. The highest BCUT2D eigenvalue weighted by molar-refractivity contribution is 7.93. The highest BCUT2D eigenvalue weighted by Crippen LogP contribution is 2.34. The second kappa shape index (κ2) is 9.13. The molecule has 1 atom stereocenters. The molecule has 0 saturated carbocycles. The number of benzene rings is 2. The van der Waals surface area contributed by atoms with Crippen molar-refractivity contribution in [2.75, 3.05) is 37.0 Å². The molecule has 8 nitrogen and oxygen atoms in total. The third-order valence-corrected chi connectivity index (χ3v) is 7.47. The van der Waals surface area contributed by atoms with Crippen molar-refractivity contribution in [3.63, 3.8) is 0 Å². The van der Waals surface area contributed by atoms with Gasteiger partial charge in [0.2, 0.25) is 0 Å². The summed E-state index contributed by atoms with van der Waals surface area (Å²) in [6, 6.07) is 12.1. The summed E-state index contributed by atoms with van der Waals surface area (Å²) in [6.45, 7) is 1.14. The van der Waals surface area contributed by atoms with Crippen LogP contribution in [0.3, 0.4) is 0 Å². The van der Waals surface area contributed by atoms with Gasteiger partial charge in [-0.25, -0.2) is 17.7 Å². The smallest absolute Gasteiger partial charge is 0.266 e. The number of nitrogens with zero attached hydrogens (tertiary/aromatic N) is 2. The summed E-state index contributed by atoms with van der Waals surface area (Å²) in [6.07, 6.45) is 1.40. The number of thiazole rings is 1. The van der Waals surface area contributed by atoms with Gasteiger partial charge in [-0.05, 0) is 29.8 Å². The maximum absolute atomic E-state index is 13.6. The Morgan fingerprint density at radius 3 is 2.71 bits per heavy atom. The van der Waals surface area contributed by atoms with Crippen LogP contribution in [0.2, 0.25) is 0 Å². The summed E-state index contributed by atoms with van der Waals surface area (Å²) in [5.74, 6) is 1.19. The Morgan fingerprint density at radius 2 is 2.03 bits per heavy atom. The predicted molar refractivity (Wildman–Crippen MR) is 120 cm³/mol. The zero-order valence-corrected chi connectivity index (χ0v) is 18.8. The SMILES string of the molecule is COCC1CNc2ccc(S(=O)(=O)N(Cc3ccc(OC)cc3)c3nccs3)cc2O1. The van der Waals surface area contributed by atoms with Gasteiger partial charge in [-0.2, -0.15) is 0 Å². The molecule has 1 unspecified atom stereocenters. The second-order valence-corrected chi connectivity index (χ2v) is 9.64. The minimum Gasteiger partial charge on any atom is -0.497 e. The van der Waals surface area contributed by atoms with Crippen molar-refractivity contribution in [2.45, 2.75) is 17.5 Å². The number of sulfonamides is 1. The van der Waals surface area contributed by atoms with E-state index < -0.39 is 10.0 Å². The Bertz CT molecular complexity index is 1120. The largest absolute Gasteiger partial charge is 0.497 e. The van der Waals surface area contributed by atoms with E-state index in [9.17, 15) is 8.42 Å². The Hall–Kier alpha value is -2.82. The second-order valence-electron chi connectivity index (χ2n) is 6.91. The van der Waals surface area contributed by atoms with Crippen LogP contribution in [-0.2, 0) is 21.3 Å². The molecular weight excluding hydrogens is 438 g/mol. The van der Waals surface area contributed by atoms with Crippen molar-refractivity contribution in [3.05, 3.63) is 59.6 Å². The normalized spacial score (nSPS) is 15.5. The summed E-state index contributed by atoms with van der Waals surface area (Å²) < 4.78 is 44.8. The predicted octanol–water partition coefficient (Wildman–Crippen LogP) is 3.37. The lowest BCUT2D eigenvalue weighted by Crippen LogP contribution is -2.35. The number of nitrogens with one attached hydrogen (secondary N) is 1. The van der Waals surface area contributed by atoms with Gasteiger partial charge in [0, 0.05) is 24.8 Å². The molecule has 0 saturated heterocycles. The summed E-state index contributed by atoms with van der Waals surface area (Å²) in [4.78, 5) is 4.38. The van der Waals surface area contributed by atoms with E-state index in [1.165, 1.54) is 15.6 Å². The average Bonchev–Trinajstić information content (AvgIpc) is 3.32. The third-order valence-electron chi connectivity index (χ3n) is 4.83. The fourth-order valence-corrected chi connectivity index (χ4v) is 5.54. The molecule has 2 aromatic carbocycles. The van der Waals surface area contributed by atoms with Crippen LogP contribution in [0.15, 0.2) is 58.9 Å². The molecule has 10 heteroatoms. The first-order chi connectivity index (χ1) is 15.0. The number of hydrogen-bond donors (Lipinski definition) is 1.